The molecule has 2 aromatic rings. The number of rotatable bonds is 8. The number of amides is 2. The van der Waals surface area contributed by atoms with E-state index < -0.39 is 18.0 Å². The van der Waals surface area contributed by atoms with Gasteiger partial charge in [0.05, 0.1) is 19.2 Å². The zero-order valence-corrected chi connectivity index (χ0v) is 17.2. The predicted molar refractivity (Wildman–Crippen MR) is 110 cm³/mol. The highest BCUT2D eigenvalue weighted by atomic mass is 35.5. The van der Waals surface area contributed by atoms with Gasteiger partial charge in [-0.05, 0) is 55.8 Å². The average molecular weight is 419 g/mol. The molecule has 0 heterocycles. The summed E-state index contributed by atoms with van der Waals surface area (Å²) in [5, 5.41) is 5.83. The summed E-state index contributed by atoms with van der Waals surface area (Å²) in [5.41, 5.74) is 1.88. The number of aryl methyl sites for hydroxylation is 1. The van der Waals surface area contributed by atoms with E-state index in [1.165, 1.54) is 14.0 Å². The number of carbonyl (C=O) groups excluding carboxylic acids is 3. The molecular formula is C21H23ClN2O5. The molecule has 2 aromatic carbocycles. The SMILES string of the molecule is COc1ccc(C)cc1NC(=O)[C@H](C)OC(=O)CCNC(=O)c1ccc(Cl)cc1. The maximum absolute atomic E-state index is 12.3. The summed E-state index contributed by atoms with van der Waals surface area (Å²) in [6.45, 7) is 3.44. The third kappa shape index (κ3) is 6.80. The van der Waals surface area contributed by atoms with Crippen LogP contribution in [0.15, 0.2) is 42.5 Å². The normalized spacial score (nSPS) is 11.3. The van der Waals surface area contributed by atoms with E-state index in [9.17, 15) is 14.4 Å². The monoisotopic (exact) mass is 418 g/mol. The molecule has 0 aromatic heterocycles. The second-order valence-electron chi connectivity index (χ2n) is 6.34. The fourth-order valence-corrected chi connectivity index (χ4v) is 2.57. The Kier molecular flexibility index (Phi) is 8.03. The first-order chi connectivity index (χ1) is 13.8. The Balaban J connectivity index is 1.79. The molecule has 2 N–H and O–H groups in total. The number of ether oxygens (including phenoxy) is 2. The topological polar surface area (TPSA) is 93.7 Å². The second kappa shape index (κ2) is 10.5. The fraction of sp³-hybridized carbons (Fsp3) is 0.286. The minimum Gasteiger partial charge on any atom is -0.495 e. The summed E-state index contributed by atoms with van der Waals surface area (Å²) in [5.74, 6) is -0.896. The standard InChI is InChI=1S/C21H23ClN2O5/c1-13-4-9-18(28-3)17(12-13)24-20(26)14(2)29-19(25)10-11-23-21(27)15-5-7-16(22)8-6-15/h4-9,12,14H,10-11H2,1-3H3,(H,23,27)(H,24,26)/t14-/m0/s1. The number of hydrogen-bond acceptors (Lipinski definition) is 5. The molecule has 29 heavy (non-hydrogen) atoms. The molecule has 0 saturated heterocycles. The number of benzene rings is 2. The molecule has 154 valence electrons. The maximum Gasteiger partial charge on any atom is 0.308 e. The molecule has 0 fully saturated rings. The van der Waals surface area contributed by atoms with Crippen molar-refractivity contribution in [3.63, 3.8) is 0 Å². The lowest BCUT2D eigenvalue weighted by molar-refractivity contribution is -0.153. The first-order valence-corrected chi connectivity index (χ1v) is 9.36. The lowest BCUT2D eigenvalue weighted by Gasteiger charge is -2.15. The largest absolute Gasteiger partial charge is 0.495 e. The van der Waals surface area contributed by atoms with Crippen LogP contribution < -0.4 is 15.4 Å². The van der Waals surface area contributed by atoms with Crippen LogP contribution >= 0.6 is 11.6 Å². The van der Waals surface area contributed by atoms with Gasteiger partial charge < -0.3 is 20.1 Å². The lowest BCUT2D eigenvalue weighted by Crippen LogP contribution is -2.32. The van der Waals surface area contributed by atoms with E-state index in [1.807, 2.05) is 13.0 Å². The highest BCUT2D eigenvalue weighted by Gasteiger charge is 2.19. The van der Waals surface area contributed by atoms with Gasteiger partial charge in [0.1, 0.15) is 5.75 Å². The summed E-state index contributed by atoms with van der Waals surface area (Å²) >= 11 is 5.78. The van der Waals surface area contributed by atoms with Crippen LogP contribution in [-0.4, -0.2) is 37.5 Å². The van der Waals surface area contributed by atoms with E-state index >= 15 is 0 Å². The summed E-state index contributed by atoms with van der Waals surface area (Å²) in [7, 11) is 1.50. The zero-order valence-electron chi connectivity index (χ0n) is 16.5. The smallest absolute Gasteiger partial charge is 0.308 e. The van der Waals surface area contributed by atoms with Crippen LogP contribution in [0.25, 0.3) is 0 Å². The van der Waals surface area contributed by atoms with Crippen LogP contribution in [0.5, 0.6) is 5.75 Å². The zero-order chi connectivity index (χ0) is 21.4. The maximum atomic E-state index is 12.3. The van der Waals surface area contributed by atoms with E-state index in [2.05, 4.69) is 10.6 Å². The van der Waals surface area contributed by atoms with E-state index in [0.29, 0.717) is 22.0 Å². The molecule has 0 unspecified atom stereocenters. The van der Waals surface area contributed by atoms with Crippen molar-refractivity contribution in [2.24, 2.45) is 0 Å². The van der Waals surface area contributed by atoms with Crippen LogP contribution in [0.2, 0.25) is 5.02 Å². The molecule has 0 radical (unpaired) electrons. The van der Waals surface area contributed by atoms with Gasteiger partial charge in [0.25, 0.3) is 11.8 Å². The van der Waals surface area contributed by atoms with Crippen molar-refractivity contribution in [2.45, 2.75) is 26.4 Å². The number of carbonyl (C=O) groups is 3. The van der Waals surface area contributed by atoms with Gasteiger partial charge in [-0.1, -0.05) is 17.7 Å². The Morgan fingerprint density at radius 1 is 1.10 bits per heavy atom. The van der Waals surface area contributed by atoms with Crippen LogP contribution in [0.3, 0.4) is 0 Å². The third-order valence-electron chi connectivity index (χ3n) is 4.01. The number of nitrogens with one attached hydrogen (secondary N) is 2. The van der Waals surface area contributed by atoms with Crippen molar-refractivity contribution in [3.8, 4) is 5.75 Å². The second-order valence-corrected chi connectivity index (χ2v) is 6.77. The van der Waals surface area contributed by atoms with Gasteiger partial charge in [-0.25, -0.2) is 0 Å². The van der Waals surface area contributed by atoms with Crippen molar-refractivity contribution in [1.82, 2.24) is 5.32 Å². The first kappa shape index (κ1) is 22.2. The molecule has 0 saturated carbocycles. The Morgan fingerprint density at radius 3 is 2.45 bits per heavy atom. The van der Waals surface area contributed by atoms with E-state index in [-0.39, 0.29) is 18.9 Å². The molecule has 8 heteroatoms. The van der Waals surface area contributed by atoms with Crippen LogP contribution in [0, 0.1) is 6.92 Å². The summed E-state index contributed by atoms with van der Waals surface area (Å²) < 4.78 is 10.3. The summed E-state index contributed by atoms with van der Waals surface area (Å²) in [6, 6.07) is 11.7. The Hall–Kier alpha value is -3.06. The molecule has 0 aliphatic heterocycles. The van der Waals surface area contributed by atoms with Gasteiger partial charge in [-0.2, -0.15) is 0 Å². The summed E-state index contributed by atoms with van der Waals surface area (Å²) in [6.07, 6.45) is -1.07. The predicted octanol–water partition coefficient (Wildman–Crippen LogP) is 3.35. The number of halogens is 1. The highest BCUT2D eigenvalue weighted by Crippen LogP contribution is 2.25. The highest BCUT2D eigenvalue weighted by molar-refractivity contribution is 6.30. The summed E-state index contributed by atoms with van der Waals surface area (Å²) in [4.78, 5) is 36.2. The Labute approximate surface area is 174 Å². The van der Waals surface area contributed by atoms with Crippen molar-refractivity contribution in [3.05, 3.63) is 58.6 Å². The molecule has 1 atom stereocenters. The molecule has 2 amide bonds. The molecule has 0 aliphatic rings. The third-order valence-corrected chi connectivity index (χ3v) is 4.26. The molecule has 2 rings (SSSR count). The van der Waals surface area contributed by atoms with E-state index in [0.717, 1.165) is 5.56 Å². The van der Waals surface area contributed by atoms with Gasteiger partial charge in [-0.15, -0.1) is 0 Å². The number of hydrogen-bond donors (Lipinski definition) is 2. The quantitative estimate of drug-likeness (QED) is 0.641. The molecular weight excluding hydrogens is 396 g/mol. The van der Waals surface area contributed by atoms with Crippen LogP contribution in [-0.2, 0) is 14.3 Å². The Bertz CT molecular complexity index is 883. The number of esters is 1. The molecule has 0 spiro atoms. The number of anilines is 1. The van der Waals surface area contributed by atoms with Crippen molar-refractivity contribution in [2.75, 3.05) is 19.0 Å². The van der Waals surface area contributed by atoms with Gasteiger partial charge in [-0.3, -0.25) is 14.4 Å². The minimum atomic E-state index is -1.00. The van der Waals surface area contributed by atoms with Gasteiger partial charge in [0.15, 0.2) is 6.10 Å². The van der Waals surface area contributed by atoms with Crippen molar-refractivity contribution >= 4 is 35.1 Å². The van der Waals surface area contributed by atoms with Gasteiger partial charge >= 0.3 is 5.97 Å². The molecule has 0 aliphatic carbocycles. The molecule has 7 nitrogen and oxygen atoms in total. The average Bonchev–Trinajstić information content (AvgIpc) is 2.68. The minimum absolute atomic E-state index is 0.0648. The van der Waals surface area contributed by atoms with Crippen LogP contribution in [0.4, 0.5) is 5.69 Å². The van der Waals surface area contributed by atoms with Gasteiger partial charge in [0, 0.05) is 17.1 Å². The fourth-order valence-electron chi connectivity index (χ4n) is 2.44. The van der Waals surface area contributed by atoms with Crippen LogP contribution in [0.1, 0.15) is 29.3 Å². The van der Waals surface area contributed by atoms with Gasteiger partial charge in [0.2, 0.25) is 0 Å². The number of methoxy groups -OCH3 is 1. The van der Waals surface area contributed by atoms with Crippen molar-refractivity contribution in [1.29, 1.82) is 0 Å². The lowest BCUT2D eigenvalue weighted by atomic mass is 10.2. The van der Waals surface area contributed by atoms with E-state index in [4.69, 9.17) is 21.1 Å². The molecule has 0 bridgehead atoms. The van der Waals surface area contributed by atoms with Crippen molar-refractivity contribution < 1.29 is 23.9 Å². The van der Waals surface area contributed by atoms with E-state index in [1.54, 1.807) is 36.4 Å². The Morgan fingerprint density at radius 2 is 1.79 bits per heavy atom. The first-order valence-electron chi connectivity index (χ1n) is 8.99.